The lowest BCUT2D eigenvalue weighted by Gasteiger charge is -2.25. The Morgan fingerprint density at radius 2 is 1.97 bits per heavy atom. The van der Waals surface area contributed by atoms with Crippen LogP contribution >= 0.6 is 0 Å². The number of imidazole rings is 1. The molecule has 0 atom stereocenters. The number of aromatic carboxylic acids is 1. The maximum absolute atomic E-state index is 11.9. The van der Waals surface area contributed by atoms with Crippen molar-refractivity contribution in [2.24, 2.45) is 0 Å². The van der Waals surface area contributed by atoms with Crippen molar-refractivity contribution in [3.8, 4) is 0 Å². The summed E-state index contributed by atoms with van der Waals surface area (Å²) in [5, 5.41) is 12.9. The average Bonchev–Trinajstić information content (AvgIpc) is 3.10. The van der Waals surface area contributed by atoms with E-state index in [0.717, 1.165) is 5.56 Å². The highest BCUT2D eigenvalue weighted by atomic mass is 16.5. The number of H-pyrrole nitrogens is 1. The molecular formula is C20H25N5O4. The van der Waals surface area contributed by atoms with Gasteiger partial charge in [0.1, 0.15) is 5.82 Å². The minimum Gasteiger partial charge on any atom is -0.478 e. The zero-order valence-corrected chi connectivity index (χ0v) is 16.7. The highest BCUT2D eigenvalue weighted by molar-refractivity contribution is 6.00. The Bertz CT molecular complexity index is 980. The van der Waals surface area contributed by atoms with Crippen molar-refractivity contribution in [2.45, 2.75) is 6.92 Å². The summed E-state index contributed by atoms with van der Waals surface area (Å²) in [5.41, 5.74) is 3.02. The number of pyridine rings is 1. The topological polar surface area (TPSA) is 113 Å². The average molecular weight is 399 g/mol. The summed E-state index contributed by atoms with van der Waals surface area (Å²) in [7, 11) is 3.22. The Balaban J connectivity index is 1.99. The van der Waals surface area contributed by atoms with Gasteiger partial charge in [-0.1, -0.05) is 6.07 Å². The summed E-state index contributed by atoms with van der Waals surface area (Å²) in [5.74, 6) is 0.175. The van der Waals surface area contributed by atoms with Crippen LogP contribution in [0.4, 0.5) is 17.5 Å². The first-order chi connectivity index (χ1) is 14.0. The number of nitrogens with one attached hydrogen (secondary N) is 2. The first kappa shape index (κ1) is 20.6. The van der Waals surface area contributed by atoms with Crippen LogP contribution < -0.4 is 10.2 Å². The summed E-state index contributed by atoms with van der Waals surface area (Å²) < 4.78 is 10.3. The normalized spacial score (nSPS) is 11.0. The van der Waals surface area contributed by atoms with Gasteiger partial charge in [-0.3, -0.25) is 0 Å². The zero-order chi connectivity index (χ0) is 20.8. The molecule has 1 aromatic carbocycles. The van der Waals surface area contributed by atoms with Gasteiger partial charge in [0.2, 0.25) is 5.95 Å². The van der Waals surface area contributed by atoms with E-state index in [9.17, 15) is 9.90 Å². The van der Waals surface area contributed by atoms with Crippen molar-refractivity contribution in [3.63, 3.8) is 0 Å². The lowest BCUT2D eigenvalue weighted by molar-refractivity contribution is 0.0697. The smallest absolute Gasteiger partial charge is 0.337 e. The lowest BCUT2D eigenvalue weighted by Crippen LogP contribution is -2.32. The first-order valence-corrected chi connectivity index (χ1v) is 9.22. The van der Waals surface area contributed by atoms with Gasteiger partial charge < -0.3 is 29.8 Å². The number of nitrogens with zero attached hydrogens (tertiary/aromatic N) is 3. The number of hydrogen-bond acceptors (Lipinski definition) is 7. The molecule has 3 rings (SSSR count). The van der Waals surface area contributed by atoms with Gasteiger partial charge in [-0.2, -0.15) is 0 Å². The van der Waals surface area contributed by atoms with E-state index in [4.69, 9.17) is 9.47 Å². The third kappa shape index (κ3) is 4.82. The Labute approximate surface area is 168 Å². The lowest BCUT2D eigenvalue weighted by atomic mass is 10.1. The highest BCUT2D eigenvalue weighted by Gasteiger charge is 2.19. The Hall–Kier alpha value is -3.17. The number of fused-ring (bicyclic) bond motifs is 1. The molecule has 0 aliphatic carbocycles. The number of aromatic nitrogens is 3. The largest absolute Gasteiger partial charge is 0.478 e. The summed E-state index contributed by atoms with van der Waals surface area (Å²) in [4.78, 5) is 25.8. The van der Waals surface area contributed by atoms with Crippen LogP contribution in [0.25, 0.3) is 11.0 Å². The van der Waals surface area contributed by atoms with Crippen molar-refractivity contribution in [3.05, 3.63) is 41.6 Å². The highest BCUT2D eigenvalue weighted by Crippen LogP contribution is 2.28. The molecule has 9 nitrogen and oxygen atoms in total. The SMILES string of the molecule is COCCN(CCOC)c1cc2nc(Nc3ncccc3C)[nH]c2cc1C(=O)O. The van der Waals surface area contributed by atoms with Gasteiger partial charge in [0.25, 0.3) is 0 Å². The number of aromatic amines is 1. The molecule has 0 radical (unpaired) electrons. The quantitative estimate of drug-likeness (QED) is 0.477. The molecule has 0 aliphatic rings. The number of anilines is 3. The van der Waals surface area contributed by atoms with Crippen LogP contribution in [-0.2, 0) is 9.47 Å². The van der Waals surface area contributed by atoms with Gasteiger partial charge in [0.05, 0.1) is 35.5 Å². The molecule has 0 bridgehead atoms. The van der Waals surface area contributed by atoms with Gasteiger partial charge in [-0.05, 0) is 30.7 Å². The fourth-order valence-corrected chi connectivity index (χ4v) is 3.02. The number of benzene rings is 1. The summed E-state index contributed by atoms with van der Waals surface area (Å²) in [6.45, 7) is 3.95. The van der Waals surface area contributed by atoms with E-state index in [0.29, 0.717) is 54.8 Å². The van der Waals surface area contributed by atoms with E-state index < -0.39 is 5.97 Å². The number of carbonyl (C=O) groups is 1. The van der Waals surface area contributed by atoms with Crippen molar-refractivity contribution in [1.29, 1.82) is 0 Å². The third-order valence-electron chi connectivity index (χ3n) is 4.55. The van der Waals surface area contributed by atoms with Crippen LogP contribution in [0.3, 0.4) is 0 Å². The van der Waals surface area contributed by atoms with Crippen molar-refractivity contribution in [1.82, 2.24) is 15.0 Å². The van der Waals surface area contributed by atoms with Crippen molar-refractivity contribution < 1.29 is 19.4 Å². The van der Waals surface area contributed by atoms with Crippen LogP contribution in [0.15, 0.2) is 30.5 Å². The van der Waals surface area contributed by atoms with E-state index in [2.05, 4.69) is 20.3 Å². The molecule has 0 unspecified atom stereocenters. The number of hydrogen-bond donors (Lipinski definition) is 3. The van der Waals surface area contributed by atoms with E-state index in [-0.39, 0.29) is 5.56 Å². The first-order valence-electron chi connectivity index (χ1n) is 9.22. The van der Waals surface area contributed by atoms with Gasteiger partial charge in [0, 0.05) is 33.5 Å². The van der Waals surface area contributed by atoms with Gasteiger partial charge in [-0.15, -0.1) is 0 Å². The molecule has 0 saturated carbocycles. The molecule has 0 aliphatic heterocycles. The van der Waals surface area contributed by atoms with E-state index >= 15 is 0 Å². The van der Waals surface area contributed by atoms with Crippen LogP contribution in [-0.4, -0.2) is 66.6 Å². The van der Waals surface area contributed by atoms with Crippen molar-refractivity contribution >= 4 is 34.5 Å². The minimum absolute atomic E-state index is 0.189. The number of carboxylic acid groups (broad SMARTS) is 1. The number of rotatable bonds is 10. The summed E-state index contributed by atoms with van der Waals surface area (Å²) in [6.07, 6.45) is 1.70. The van der Waals surface area contributed by atoms with E-state index in [1.165, 1.54) is 0 Å². The standard InChI is InChI=1S/C20H25N5O4/c1-13-5-4-6-21-18(13)24-20-22-15-11-14(19(26)27)17(12-16(15)23-20)25(7-9-28-2)8-10-29-3/h4-6,11-12H,7-10H2,1-3H3,(H,26,27)(H2,21,22,23,24). The second-order valence-corrected chi connectivity index (χ2v) is 6.54. The predicted molar refractivity (Wildman–Crippen MR) is 111 cm³/mol. The van der Waals surface area contributed by atoms with Crippen molar-refractivity contribution in [2.75, 3.05) is 50.7 Å². The number of ether oxygens (including phenoxy) is 2. The van der Waals surface area contributed by atoms with E-state index in [1.54, 1.807) is 32.5 Å². The van der Waals surface area contributed by atoms with Gasteiger partial charge >= 0.3 is 5.97 Å². The van der Waals surface area contributed by atoms with Crippen LogP contribution in [0.1, 0.15) is 15.9 Å². The molecule has 2 aromatic heterocycles. The number of aryl methyl sites for hydroxylation is 1. The molecule has 0 spiro atoms. The monoisotopic (exact) mass is 399 g/mol. The third-order valence-corrected chi connectivity index (χ3v) is 4.55. The number of methoxy groups -OCH3 is 2. The molecule has 29 heavy (non-hydrogen) atoms. The maximum Gasteiger partial charge on any atom is 0.337 e. The molecule has 0 amide bonds. The fraction of sp³-hybridized carbons (Fsp3) is 0.350. The summed E-state index contributed by atoms with van der Waals surface area (Å²) in [6, 6.07) is 7.18. The molecule has 0 fully saturated rings. The molecule has 154 valence electrons. The van der Waals surface area contributed by atoms with Crippen LogP contribution in [0.5, 0.6) is 0 Å². The molecule has 3 aromatic rings. The Morgan fingerprint density at radius 3 is 2.59 bits per heavy atom. The zero-order valence-electron chi connectivity index (χ0n) is 16.7. The van der Waals surface area contributed by atoms with Gasteiger partial charge in [-0.25, -0.2) is 14.8 Å². The van der Waals surface area contributed by atoms with E-state index in [1.807, 2.05) is 24.0 Å². The maximum atomic E-state index is 11.9. The Morgan fingerprint density at radius 1 is 1.24 bits per heavy atom. The molecule has 3 N–H and O–H groups in total. The fourth-order valence-electron chi connectivity index (χ4n) is 3.02. The second kappa shape index (κ2) is 9.35. The van der Waals surface area contributed by atoms with Crippen LogP contribution in [0.2, 0.25) is 0 Å². The van der Waals surface area contributed by atoms with Gasteiger partial charge in [0.15, 0.2) is 0 Å². The number of carboxylic acids is 1. The second-order valence-electron chi connectivity index (χ2n) is 6.54. The van der Waals surface area contributed by atoms with Crippen LogP contribution in [0, 0.1) is 6.92 Å². The molecule has 9 heteroatoms. The summed E-state index contributed by atoms with van der Waals surface area (Å²) >= 11 is 0. The predicted octanol–water partition coefficient (Wildman–Crippen LogP) is 2.81. The molecule has 0 saturated heterocycles. The minimum atomic E-state index is -1.01. The Kier molecular flexibility index (Phi) is 6.63. The molecular weight excluding hydrogens is 374 g/mol. The molecule has 2 heterocycles.